The molecule has 0 radical (unpaired) electrons. The lowest BCUT2D eigenvalue weighted by molar-refractivity contribution is 0.173. The van der Waals surface area contributed by atoms with E-state index in [2.05, 4.69) is 31.9 Å². The minimum absolute atomic E-state index is 0.292. The number of aliphatic hydroxyl groups is 1. The molecule has 2 aromatic carbocycles. The molecule has 0 saturated heterocycles. The van der Waals surface area contributed by atoms with Crippen LogP contribution in [-0.4, -0.2) is 12.2 Å². The van der Waals surface area contributed by atoms with E-state index in [0.29, 0.717) is 16.5 Å². The molecule has 0 saturated carbocycles. The first-order chi connectivity index (χ1) is 9.51. The summed E-state index contributed by atoms with van der Waals surface area (Å²) in [6.07, 6.45) is -0.551. The first-order valence-electron chi connectivity index (χ1n) is 5.96. The van der Waals surface area contributed by atoms with Crippen molar-refractivity contribution in [3.05, 3.63) is 62.3 Å². The standard InChI is InChI=1S/C15H13Br2FO2/c1-20-15-5-2-9(6-12(15)17)7-14(19)11-4-3-10(16)8-13(11)18/h2-6,8,14,19H,7H2,1H3. The number of aliphatic hydroxyl groups excluding tert-OH is 1. The van der Waals surface area contributed by atoms with Crippen LogP contribution in [0, 0.1) is 5.82 Å². The van der Waals surface area contributed by atoms with Crippen molar-refractivity contribution in [1.82, 2.24) is 0 Å². The molecule has 1 N–H and O–H groups in total. The van der Waals surface area contributed by atoms with Crippen LogP contribution in [0.4, 0.5) is 4.39 Å². The number of halogens is 3. The van der Waals surface area contributed by atoms with Gasteiger partial charge in [0, 0.05) is 16.5 Å². The highest BCUT2D eigenvalue weighted by atomic mass is 79.9. The van der Waals surface area contributed by atoms with Crippen molar-refractivity contribution in [3.8, 4) is 5.75 Å². The van der Waals surface area contributed by atoms with Gasteiger partial charge in [0.2, 0.25) is 0 Å². The lowest BCUT2D eigenvalue weighted by Gasteiger charge is -2.13. The Kier molecular flexibility index (Phi) is 5.18. The molecule has 0 spiro atoms. The first kappa shape index (κ1) is 15.5. The second kappa shape index (κ2) is 6.70. The van der Waals surface area contributed by atoms with Gasteiger partial charge in [-0.25, -0.2) is 4.39 Å². The quantitative estimate of drug-likeness (QED) is 0.805. The maximum atomic E-state index is 13.8. The minimum atomic E-state index is -0.886. The average Bonchev–Trinajstić information content (AvgIpc) is 2.38. The van der Waals surface area contributed by atoms with Gasteiger partial charge < -0.3 is 9.84 Å². The van der Waals surface area contributed by atoms with Gasteiger partial charge in [-0.15, -0.1) is 0 Å². The predicted octanol–water partition coefficient (Wildman–Crippen LogP) is 4.64. The maximum absolute atomic E-state index is 13.8. The Labute approximate surface area is 133 Å². The Morgan fingerprint density at radius 3 is 2.55 bits per heavy atom. The van der Waals surface area contributed by atoms with Crippen LogP contribution in [0.1, 0.15) is 17.2 Å². The molecule has 1 atom stereocenters. The topological polar surface area (TPSA) is 29.5 Å². The Balaban J connectivity index is 2.18. The maximum Gasteiger partial charge on any atom is 0.133 e. The van der Waals surface area contributed by atoms with Gasteiger partial charge in [-0.3, -0.25) is 0 Å². The van der Waals surface area contributed by atoms with Crippen molar-refractivity contribution in [2.75, 3.05) is 7.11 Å². The summed E-state index contributed by atoms with van der Waals surface area (Å²) in [6.45, 7) is 0. The Hall–Kier alpha value is -0.910. The highest BCUT2D eigenvalue weighted by Gasteiger charge is 2.14. The van der Waals surface area contributed by atoms with E-state index in [1.807, 2.05) is 18.2 Å². The Bertz CT molecular complexity index is 617. The molecule has 0 amide bonds. The van der Waals surface area contributed by atoms with E-state index in [9.17, 15) is 9.50 Å². The van der Waals surface area contributed by atoms with Crippen molar-refractivity contribution in [1.29, 1.82) is 0 Å². The molecule has 2 rings (SSSR count). The smallest absolute Gasteiger partial charge is 0.133 e. The van der Waals surface area contributed by atoms with E-state index in [1.165, 1.54) is 6.07 Å². The second-order valence-corrected chi connectivity index (χ2v) is 6.12. The fourth-order valence-electron chi connectivity index (χ4n) is 1.94. The van der Waals surface area contributed by atoms with Crippen LogP contribution in [0.15, 0.2) is 45.3 Å². The SMILES string of the molecule is COc1ccc(CC(O)c2ccc(Br)cc2F)cc1Br. The van der Waals surface area contributed by atoms with Crippen LogP contribution in [-0.2, 0) is 6.42 Å². The largest absolute Gasteiger partial charge is 0.496 e. The average molecular weight is 404 g/mol. The molecule has 0 aliphatic heterocycles. The van der Waals surface area contributed by atoms with Crippen molar-refractivity contribution in [3.63, 3.8) is 0 Å². The van der Waals surface area contributed by atoms with Gasteiger partial charge in [0.05, 0.1) is 17.7 Å². The monoisotopic (exact) mass is 402 g/mol. The summed E-state index contributed by atoms with van der Waals surface area (Å²) in [7, 11) is 1.59. The van der Waals surface area contributed by atoms with Crippen molar-refractivity contribution >= 4 is 31.9 Å². The summed E-state index contributed by atoms with van der Waals surface area (Å²) in [5, 5.41) is 10.2. The van der Waals surface area contributed by atoms with Gasteiger partial charge in [0.1, 0.15) is 11.6 Å². The van der Waals surface area contributed by atoms with E-state index < -0.39 is 11.9 Å². The van der Waals surface area contributed by atoms with Gasteiger partial charge in [0.25, 0.3) is 0 Å². The van der Waals surface area contributed by atoms with Crippen LogP contribution in [0.25, 0.3) is 0 Å². The zero-order chi connectivity index (χ0) is 14.7. The lowest BCUT2D eigenvalue weighted by Crippen LogP contribution is -2.04. The van der Waals surface area contributed by atoms with Crippen LogP contribution in [0.2, 0.25) is 0 Å². The van der Waals surface area contributed by atoms with Crippen LogP contribution in [0.5, 0.6) is 5.75 Å². The van der Waals surface area contributed by atoms with Crippen LogP contribution in [0.3, 0.4) is 0 Å². The summed E-state index contributed by atoms with van der Waals surface area (Å²) in [6, 6.07) is 10.2. The lowest BCUT2D eigenvalue weighted by atomic mass is 10.0. The minimum Gasteiger partial charge on any atom is -0.496 e. The van der Waals surface area contributed by atoms with Crippen LogP contribution < -0.4 is 4.74 Å². The van der Waals surface area contributed by atoms with E-state index in [0.717, 1.165) is 15.8 Å². The highest BCUT2D eigenvalue weighted by molar-refractivity contribution is 9.10. The molecular formula is C15H13Br2FO2. The number of hydrogen-bond acceptors (Lipinski definition) is 2. The van der Waals surface area contributed by atoms with Crippen molar-refractivity contribution in [2.45, 2.75) is 12.5 Å². The summed E-state index contributed by atoms with van der Waals surface area (Å²) >= 11 is 6.59. The summed E-state index contributed by atoms with van der Waals surface area (Å²) in [5.74, 6) is 0.303. The van der Waals surface area contributed by atoms with Crippen molar-refractivity contribution < 1.29 is 14.2 Å². The molecule has 1 unspecified atom stereocenters. The van der Waals surface area contributed by atoms with E-state index in [-0.39, 0.29) is 0 Å². The van der Waals surface area contributed by atoms with E-state index in [1.54, 1.807) is 19.2 Å². The summed E-state index contributed by atoms with van der Waals surface area (Å²) < 4.78 is 20.4. The molecule has 2 aromatic rings. The molecule has 0 aliphatic rings. The molecular weight excluding hydrogens is 391 g/mol. The Morgan fingerprint density at radius 1 is 1.20 bits per heavy atom. The first-order valence-corrected chi connectivity index (χ1v) is 7.55. The number of hydrogen-bond donors (Lipinski definition) is 1. The third-order valence-electron chi connectivity index (χ3n) is 2.97. The predicted molar refractivity (Wildman–Crippen MR) is 83.5 cm³/mol. The Morgan fingerprint density at radius 2 is 1.95 bits per heavy atom. The number of methoxy groups -OCH3 is 1. The normalized spacial score (nSPS) is 12.2. The fourth-order valence-corrected chi connectivity index (χ4v) is 2.86. The molecule has 5 heteroatoms. The molecule has 20 heavy (non-hydrogen) atoms. The van der Waals surface area contributed by atoms with Crippen LogP contribution >= 0.6 is 31.9 Å². The van der Waals surface area contributed by atoms with Gasteiger partial charge >= 0.3 is 0 Å². The third-order valence-corrected chi connectivity index (χ3v) is 4.08. The molecule has 0 bridgehead atoms. The highest BCUT2D eigenvalue weighted by Crippen LogP contribution is 2.29. The number of benzene rings is 2. The molecule has 0 fully saturated rings. The van der Waals surface area contributed by atoms with Gasteiger partial charge in [-0.1, -0.05) is 28.1 Å². The van der Waals surface area contributed by atoms with Gasteiger partial charge in [-0.2, -0.15) is 0 Å². The molecule has 106 valence electrons. The second-order valence-electron chi connectivity index (χ2n) is 4.35. The fraction of sp³-hybridized carbons (Fsp3) is 0.200. The summed E-state index contributed by atoms with van der Waals surface area (Å²) in [5.41, 5.74) is 1.19. The summed E-state index contributed by atoms with van der Waals surface area (Å²) in [4.78, 5) is 0. The number of rotatable bonds is 4. The molecule has 2 nitrogen and oxygen atoms in total. The zero-order valence-corrected chi connectivity index (χ0v) is 13.9. The number of ether oxygens (including phenoxy) is 1. The molecule has 0 heterocycles. The zero-order valence-electron chi connectivity index (χ0n) is 10.7. The van der Waals surface area contributed by atoms with Crippen molar-refractivity contribution in [2.24, 2.45) is 0 Å². The van der Waals surface area contributed by atoms with Gasteiger partial charge in [0.15, 0.2) is 0 Å². The van der Waals surface area contributed by atoms with Gasteiger partial charge in [-0.05, 0) is 45.8 Å². The van der Waals surface area contributed by atoms with E-state index >= 15 is 0 Å². The molecule has 0 aromatic heterocycles. The van der Waals surface area contributed by atoms with E-state index in [4.69, 9.17) is 4.74 Å². The molecule has 0 aliphatic carbocycles. The third kappa shape index (κ3) is 3.59.